The Balaban J connectivity index is 2.44. The van der Waals surface area contributed by atoms with Crippen LogP contribution in [0.5, 0.6) is 5.75 Å². The largest absolute Gasteiger partial charge is 0.496 e. The molecule has 2 rings (SSSR count). The SMILES string of the molecule is COC(=O)c1ccc(CC=C(c2cc(Cl)c(F)c(Cl)c2)C(F)(F)F)cc1OC. The van der Waals surface area contributed by atoms with Crippen molar-refractivity contribution in [2.45, 2.75) is 12.6 Å². The summed E-state index contributed by atoms with van der Waals surface area (Å²) in [5.74, 6) is -1.46. The first kappa shape index (κ1) is 22.0. The van der Waals surface area contributed by atoms with Gasteiger partial charge in [-0.3, -0.25) is 0 Å². The number of hydrogen-bond donors (Lipinski definition) is 0. The molecule has 0 radical (unpaired) electrons. The molecular formula is C19H14Cl2F4O3. The maximum absolute atomic E-state index is 13.5. The minimum absolute atomic E-state index is 0.140. The molecule has 0 bridgehead atoms. The van der Waals surface area contributed by atoms with E-state index >= 15 is 0 Å². The first-order valence-corrected chi connectivity index (χ1v) is 8.51. The zero-order chi connectivity index (χ0) is 21.1. The van der Waals surface area contributed by atoms with E-state index in [0.717, 1.165) is 18.2 Å². The van der Waals surface area contributed by atoms with E-state index in [1.807, 2.05) is 0 Å². The first-order chi connectivity index (χ1) is 13.1. The van der Waals surface area contributed by atoms with Crippen LogP contribution in [0.25, 0.3) is 5.57 Å². The summed E-state index contributed by atoms with van der Waals surface area (Å²) in [6, 6.07) is 6.03. The van der Waals surface area contributed by atoms with Crippen LogP contribution < -0.4 is 4.74 Å². The van der Waals surface area contributed by atoms with Crippen LogP contribution in [0.2, 0.25) is 10.0 Å². The number of esters is 1. The van der Waals surface area contributed by atoms with Crippen LogP contribution in [0.3, 0.4) is 0 Å². The van der Waals surface area contributed by atoms with Gasteiger partial charge < -0.3 is 9.47 Å². The molecule has 9 heteroatoms. The van der Waals surface area contributed by atoms with Gasteiger partial charge in [-0.25, -0.2) is 9.18 Å². The number of alkyl halides is 3. The smallest absolute Gasteiger partial charge is 0.416 e. The third kappa shape index (κ3) is 4.97. The highest BCUT2D eigenvalue weighted by atomic mass is 35.5. The number of halogens is 6. The lowest BCUT2D eigenvalue weighted by Crippen LogP contribution is -2.11. The molecule has 0 atom stereocenters. The van der Waals surface area contributed by atoms with Crippen LogP contribution in [0.4, 0.5) is 17.6 Å². The van der Waals surface area contributed by atoms with Gasteiger partial charge in [0.2, 0.25) is 0 Å². The third-order valence-electron chi connectivity index (χ3n) is 3.81. The highest BCUT2D eigenvalue weighted by molar-refractivity contribution is 6.35. The Bertz CT molecular complexity index is 901. The molecule has 2 aromatic carbocycles. The van der Waals surface area contributed by atoms with Crippen molar-refractivity contribution in [3.63, 3.8) is 0 Å². The molecule has 150 valence electrons. The molecule has 2 aromatic rings. The summed E-state index contributed by atoms with van der Waals surface area (Å²) < 4.78 is 63.7. The predicted octanol–water partition coefficient (Wildman–Crippen LogP) is 6.12. The van der Waals surface area contributed by atoms with Crippen molar-refractivity contribution in [2.24, 2.45) is 0 Å². The quantitative estimate of drug-likeness (QED) is 0.322. The molecule has 0 aliphatic rings. The van der Waals surface area contributed by atoms with Crippen LogP contribution in [-0.4, -0.2) is 26.4 Å². The van der Waals surface area contributed by atoms with Gasteiger partial charge in [-0.15, -0.1) is 0 Å². The number of ether oxygens (including phenoxy) is 2. The first-order valence-electron chi connectivity index (χ1n) is 7.76. The van der Waals surface area contributed by atoms with Gasteiger partial charge in [-0.05, 0) is 41.8 Å². The van der Waals surface area contributed by atoms with E-state index in [1.54, 1.807) is 0 Å². The van der Waals surface area contributed by atoms with Gasteiger partial charge >= 0.3 is 12.1 Å². The van der Waals surface area contributed by atoms with Crippen molar-refractivity contribution < 1.29 is 31.8 Å². The number of carbonyl (C=O) groups excluding carboxylic acids is 1. The van der Waals surface area contributed by atoms with Gasteiger partial charge in [0.25, 0.3) is 0 Å². The minimum Gasteiger partial charge on any atom is -0.496 e. The maximum atomic E-state index is 13.5. The van der Waals surface area contributed by atoms with Crippen molar-refractivity contribution in [1.29, 1.82) is 0 Å². The average molecular weight is 437 g/mol. The summed E-state index contributed by atoms with van der Waals surface area (Å²) in [6.07, 6.45) is -3.94. The molecule has 0 heterocycles. The number of methoxy groups -OCH3 is 2. The normalized spacial score (nSPS) is 12.1. The van der Waals surface area contributed by atoms with Gasteiger partial charge in [0.1, 0.15) is 11.3 Å². The van der Waals surface area contributed by atoms with Crippen LogP contribution in [-0.2, 0) is 11.2 Å². The monoisotopic (exact) mass is 436 g/mol. The number of benzene rings is 2. The van der Waals surface area contributed by atoms with E-state index in [0.29, 0.717) is 5.56 Å². The van der Waals surface area contributed by atoms with Crippen LogP contribution >= 0.6 is 23.2 Å². The lowest BCUT2D eigenvalue weighted by Gasteiger charge is -2.14. The van der Waals surface area contributed by atoms with E-state index in [-0.39, 0.29) is 23.3 Å². The Labute approximate surface area is 168 Å². The van der Waals surface area contributed by atoms with Crippen molar-refractivity contribution >= 4 is 34.7 Å². The molecule has 28 heavy (non-hydrogen) atoms. The second-order valence-corrected chi connectivity index (χ2v) is 6.41. The van der Waals surface area contributed by atoms with Crippen LogP contribution in [0.1, 0.15) is 21.5 Å². The molecule has 0 aliphatic heterocycles. The summed E-state index contributed by atoms with van der Waals surface area (Å²) >= 11 is 11.2. The van der Waals surface area contributed by atoms with E-state index in [9.17, 15) is 22.4 Å². The summed E-state index contributed by atoms with van der Waals surface area (Å²) in [5, 5.41) is -1.02. The standard InChI is InChI=1S/C19H14Cl2F4O3/c1-27-16-7-10(3-5-12(16)18(26)28-2)4-6-13(19(23,24)25)11-8-14(20)17(22)15(21)9-11/h3,5-9H,4H2,1-2H3. The molecule has 0 N–H and O–H groups in total. The molecule has 0 unspecified atom stereocenters. The molecule has 0 saturated heterocycles. The molecule has 0 aromatic heterocycles. The van der Waals surface area contributed by atoms with E-state index < -0.39 is 33.6 Å². The number of allylic oxidation sites excluding steroid dienone is 2. The molecule has 0 aliphatic carbocycles. The fraction of sp³-hybridized carbons (Fsp3) is 0.211. The van der Waals surface area contributed by atoms with Crippen LogP contribution in [0.15, 0.2) is 36.4 Å². The number of carbonyl (C=O) groups is 1. The molecule has 0 spiro atoms. The Morgan fingerprint density at radius 3 is 2.21 bits per heavy atom. The Morgan fingerprint density at radius 2 is 1.71 bits per heavy atom. The van der Waals surface area contributed by atoms with Gasteiger partial charge in [0, 0.05) is 0 Å². The lowest BCUT2D eigenvalue weighted by molar-refractivity contribution is -0.0690. The predicted molar refractivity (Wildman–Crippen MR) is 98.5 cm³/mol. The van der Waals surface area contributed by atoms with Gasteiger partial charge in [-0.1, -0.05) is 35.3 Å². The lowest BCUT2D eigenvalue weighted by atomic mass is 10.0. The zero-order valence-electron chi connectivity index (χ0n) is 14.7. The van der Waals surface area contributed by atoms with E-state index in [1.165, 1.54) is 32.4 Å². The fourth-order valence-electron chi connectivity index (χ4n) is 2.47. The topological polar surface area (TPSA) is 35.5 Å². The van der Waals surface area contributed by atoms with Gasteiger partial charge in [0.15, 0.2) is 5.82 Å². The van der Waals surface area contributed by atoms with E-state index in [2.05, 4.69) is 4.74 Å². The van der Waals surface area contributed by atoms with Crippen LogP contribution in [0, 0.1) is 5.82 Å². The molecule has 3 nitrogen and oxygen atoms in total. The highest BCUT2D eigenvalue weighted by Crippen LogP contribution is 2.37. The summed E-state index contributed by atoms with van der Waals surface area (Å²) in [4.78, 5) is 11.7. The van der Waals surface area contributed by atoms with Crippen molar-refractivity contribution in [3.8, 4) is 5.75 Å². The van der Waals surface area contributed by atoms with Gasteiger partial charge in [-0.2, -0.15) is 13.2 Å². The average Bonchev–Trinajstić information content (AvgIpc) is 2.64. The summed E-state index contributed by atoms with van der Waals surface area (Å²) in [7, 11) is 2.53. The second kappa shape index (κ2) is 8.84. The Morgan fingerprint density at radius 1 is 1.11 bits per heavy atom. The van der Waals surface area contributed by atoms with E-state index in [4.69, 9.17) is 27.9 Å². The molecule has 0 amide bonds. The minimum atomic E-state index is -4.72. The third-order valence-corrected chi connectivity index (χ3v) is 4.36. The fourth-order valence-corrected chi connectivity index (χ4v) is 2.96. The maximum Gasteiger partial charge on any atom is 0.416 e. The summed E-state index contributed by atoms with van der Waals surface area (Å²) in [6.45, 7) is 0. The molecule has 0 saturated carbocycles. The highest BCUT2D eigenvalue weighted by Gasteiger charge is 2.35. The number of rotatable bonds is 5. The Kier molecular flexibility index (Phi) is 6.96. The summed E-state index contributed by atoms with van der Waals surface area (Å²) in [5.41, 5.74) is -0.786. The molecular weight excluding hydrogens is 423 g/mol. The zero-order valence-corrected chi connectivity index (χ0v) is 16.2. The molecule has 0 fully saturated rings. The van der Waals surface area contributed by atoms with Crippen molar-refractivity contribution in [1.82, 2.24) is 0 Å². The number of hydrogen-bond acceptors (Lipinski definition) is 3. The Hall–Kier alpha value is -2.25. The van der Waals surface area contributed by atoms with Gasteiger partial charge in [0.05, 0.1) is 29.8 Å². The second-order valence-electron chi connectivity index (χ2n) is 5.60. The van der Waals surface area contributed by atoms with Crippen molar-refractivity contribution in [3.05, 3.63) is 69.0 Å². The van der Waals surface area contributed by atoms with Crippen molar-refractivity contribution in [2.75, 3.05) is 14.2 Å².